The summed E-state index contributed by atoms with van der Waals surface area (Å²) < 4.78 is 5.24. The van der Waals surface area contributed by atoms with Crippen LogP contribution in [0.3, 0.4) is 0 Å². The second-order valence-electron chi connectivity index (χ2n) is 6.45. The van der Waals surface area contributed by atoms with Gasteiger partial charge in [-0.05, 0) is 48.2 Å². The summed E-state index contributed by atoms with van der Waals surface area (Å²) in [6, 6.07) is 21.7. The highest BCUT2D eigenvalue weighted by Gasteiger charge is 2.06. The summed E-state index contributed by atoms with van der Waals surface area (Å²) in [5.41, 5.74) is 2.96. The molecule has 1 amide bonds. The standard InChI is InChI=1S/C23H25N3O2/c1-28-21-9-5-8-19(16-21)13-14-24-22-11-10-20(17-26-22)23(27)25-15-12-18-6-3-2-4-7-18/h2-11,16-17H,12-15H2,1H3,(H,24,26)(H,25,27). The van der Waals surface area contributed by atoms with Crippen molar-refractivity contribution in [2.45, 2.75) is 12.8 Å². The first-order valence-corrected chi connectivity index (χ1v) is 9.39. The lowest BCUT2D eigenvalue weighted by Crippen LogP contribution is -2.25. The molecule has 3 aromatic rings. The number of carbonyl (C=O) groups is 1. The first kappa shape index (κ1) is 19.4. The zero-order chi connectivity index (χ0) is 19.6. The second kappa shape index (κ2) is 10.1. The molecule has 0 aliphatic rings. The number of hydrogen-bond acceptors (Lipinski definition) is 4. The highest BCUT2D eigenvalue weighted by atomic mass is 16.5. The Kier molecular flexibility index (Phi) is 7.01. The summed E-state index contributed by atoms with van der Waals surface area (Å²) in [7, 11) is 1.67. The van der Waals surface area contributed by atoms with Gasteiger partial charge in [-0.1, -0.05) is 42.5 Å². The van der Waals surface area contributed by atoms with Gasteiger partial charge in [-0.2, -0.15) is 0 Å². The van der Waals surface area contributed by atoms with Gasteiger partial charge in [-0.15, -0.1) is 0 Å². The number of pyridine rings is 1. The Morgan fingerprint density at radius 2 is 1.71 bits per heavy atom. The third-order valence-corrected chi connectivity index (χ3v) is 4.42. The minimum atomic E-state index is -0.105. The zero-order valence-corrected chi connectivity index (χ0v) is 16.0. The predicted molar refractivity (Wildman–Crippen MR) is 112 cm³/mol. The molecule has 0 aliphatic heterocycles. The van der Waals surface area contributed by atoms with E-state index in [1.807, 2.05) is 42.5 Å². The van der Waals surface area contributed by atoms with Crippen molar-refractivity contribution >= 4 is 11.7 Å². The van der Waals surface area contributed by atoms with E-state index in [1.165, 1.54) is 11.1 Å². The summed E-state index contributed by atoms with van der Waals surface area (Å²) in [6.45, 7) is 1.35. The second-order valence-corrected chi connectivity index (χ2v) is 6.45. The van der Waals surface area contributed by atoms with Crippen LogP contribution in [0.5, 0.6) is 5.75 Å². The normalized spacial score (nSPS) is 10.3. The molecule has 0 saturated carbocycles. The first-order chi connectivity index (χ1) is 13.7. The van der Waals surface area contributed by atoms with Gasteiger partial charge in [0, 0.05) is 19.3 Å². The number of nitrogens with zero attached hydrogens (tertiary/aromatic N) is 1. The maximum atomic E-state index is 12.2. The molecule has 5 heteroatoms. The number of methoxy groups -OCH3 is 1. The smallest absolute Gasteiger partial charge is 0.252 e. The molecule has 1 heterocycles. The summed E-state index contributed by atoms with van der Waals surface area (Å²) in [5, 5.41) is 6.21. The van der Waals surface area contributed by atoms with E-state index in [4.69, 9.17) is 4.74 Å². The Labute approximate surface area is 165 Å². The van der Waals surface area contributed by atoms with E-state index in [0.717, 1.165) is 31.0 Å². The minimum Gasteiger partial charge on any atom is -0.497 e. The number of benzene rings is 2. The van der Waals surface area contributed by atoms with Crippen molar-refractivity contribution in [3.63, 3.8) is 0 Å². The van der Waals surface area contributed by atoms with Gasteiger partial charge >= 0.3 is 0 Å². The van der Waals surface area contributed by atoms with Crippen LogP contribution in [-0.4, -0.2) is 31.1 Å². The number of ether oxygens (including phenoxy) is 1. The van der Waals surface area contributed by atoms with E-state index in [2.05, 4.69) is 33.8 Å². The topological polar surface area (TPSA) is 63.2 Å². The third kappa shape index (κ3) is 5.84. The molecule has 3 rings (SSSR count). The molecule has 144 valence electrons. The molecule has 5 nitrogen and oxygen atoms in total. The van der Waals surface area contributed by atoms with E-state index in [0.29, 0.717) is 12.1 Å². The lowest BCUT2D eigenvalue weighted by atomic mass is 10.1. The van der Waals surface area contributed by atoms with Crippen LogP contribution in [0, 0.1) is 0 Å². The Hall–Kier alpha value is -3.34. The zero-order valence-electron chi connectivity index (χ0n) is 16.0. The highest BCUT2D eigenvalue weighted by molar-refractivity contribution is 5.94. The van der Waals surface area contributed by atoms with Crippen LogP contribution in [0.2, 0.25) is 0 Å². The first-order valence-electron chi connectivity index (χ1n) is 9.39. The number of anilines is 1. The minimum absolute atomic E-state index is 0.105. The van der Waals surface area contributed by atoms with Gasteiger partial charge in [0.2, 0.25) is 0 Å². The molecule has 2 N–H and O–H groups in total. The van der Waals surface area contributed by atoms with Crippen LogP contribution < -0.4 is 15.4 Å². The van der Waals surface area contributed by atoms with E-state index >= 15 is 0 Å². The Balaban J connectivity index is 1.43. The van der Waals surface area contributed by atoms with Crippen LogP contribution in [-0.2, 0) is 12.8 Å². The molecule has 0 spiro atoms. The van der Waals surface area contributed by atoms with E-state index < -0.39 is 0 Å². The molecule has 1 aromatic heterocycles. The van der Waals surface area contributed by atoms with Gasteiger partial charge < -0.3 is 15.4 Å². The number of nitrogens with one attached hydrogen (secondary N) is 2. The molecule has 0 bridgehead atoms. The average Bonchev–Trinajstić information content (AvgIpc) is 2.75. The van der Waals surface area contributed by atoms with Crippen LogP contribution >= 0.6 is 0 Å². The van der Waals surface area contributed by atoms with Crippen molar-refractivity contribution in [2.75, 3.05) is 25.5 Å². The molecular formula is C23H25N3O2. The molecule has 0 radical (unpaired) electrons. The van der Waals surface area contributed by atoms with E-state index in [1.54, 1.807) is 19.4 Å². The van der Waals surface area contributed by atoms with E-state index in [-0.39, 0.29) is 5.91 Å². The molecule has 28 heavy (non-hydrogen) atoms. The highest BCUT2D eigenvalue weighted by Crippen LogP contribution is 2.13. The van der Waals surface area contributed by atoms with Crippen LogP contribution in [0.4, 0.5) is 5.82 Å². The van der Waals surface area contributed by atoms with Crippen molar-refractivity contribution in [3.05, 3.63) is 89.6 Å². The molecule has 0 fully saturated rings. The van der Waals surface area contributed by atoms with Crippen molar-refractivity contribution in [1.82, 2.24) is 10.3 Å². The quantitative estimate of drug-likeness (QED) is 0.598. The third-order valence-electron chi connectivity index (χ3n) is 4.42. The number of rotatable bonds is 9. The van der Waals surface area contributed by atoms with E-state index in [9.17, 15) is 4.79 Å². The van der Waals surface area contributed by atoms with Crippen LogP contribution in [0.15, 0.2) is 72.9 Å². The molecule has 0 unspecified atom stereocenters. The molecule has 0 saturated heterocycles. The van der Waals surface area contributed by atoms with Crippen LogP contribution in [0.25, 0.3) is 0 Å². The number of aromatic nitrogens is 1. The van der Waals surface area contributed by atoms with Gasteiger partial charge in [0.25, 0.3) is 5.91 Å². The average molecular weight is 375 g/mol. The summed E-state index contributed by atoms with van der Waals surface area (Å²) >= 11 is 0. The predicted octanol–water partition coefficient (Wildman–Crippen LogP) is 3.72. The van der Waals surface area contributed by atoms with Gasteiger partial charge in [0.05, 0.1) is 12.7 Å². The van der Waals surface area contributed by atoms with Crippen molar-refractivity contribution in [1.29, 1.82) is 0 Å². The lowest BCUT2D eigenvalue weighted by molar-refractivity contribution is 0.0954. The molecular weight excluding hydrogens is 350 g/mol. The molecule has 0 aliphatic carbocycles. The Morgan fingerprint density at radius 3 is 2.46 bits per heavy atom. The lowest BCUT2D eigenvalue weighted by Gasteiger charge is -2.08. The molecule has 2 aromatic carbocycles. The fourth-order valence-electron chi connectivity index (χ4n) is 2.86. The van der Waals surface area contributed by atoms with Crippen molar-refractivity contribution < 1.29 is 9.53 Å². The number of carbonyl (C=O) groups excluding carboxylic acids is 1. The number of amides is 1. The Bertz CT molecular complexity index is 880. The van der Waals surface area contributed by atoms with Gasteiger partial charge in [0.15, 0.2) is 0 Å². The summed E-state index contributed by atoms with van der Waals surface area (Å²) in [5.74, 6) is 1.51. The summed E-state index contributed by atoms with van der Waals surface area (Å²) in [4.78, 5) is 16.6. The van der Waals surface area contributed by atoms with Gasteiger partial charge in [-0.3, -0.25) is 4.79 Å². The fourth-order valence-corrected chi connectivity index (χ4v) is 2.86. The maximum Gasteiger partial charge on any atom is 0.252 e. The SMILES string of the molecule is COc1cccc(CCNc2ccc(C(=O)NCCc3ccccc3)cn2)c1. The number of hydrogen-bond donors (Lipinski definition) is 2. The molecule has 0 atom stereocenters. The Morgan fingerprint density at radius 1 is 0.929 bits per heavy atom. The van der Waals surface area contributed by atoms with Crippen LogP contribution in [0.1, 0.15) is 21.5 Å². The maximum absolute atomic E-state index is 12.2. The monoisotopic (exact) mass is 375 g/mol. The van der Waals surface area contributed by atoms with Gasteiger partial charge in [0.1, 0.15) is 11.6 Å². The largest absolute Gasteiger partial charge is 0.497 e. The van der Waals surface area contributed by atoms with Crippen molar-refractivity contribution in [2.24, 2.45) is 0 Å². The van der Waals surface area contributed by atoms with Gasteiger partial charge in [-0.25, -0.2) is 4.98 Å². The summed E-state index contributed by atoms with van der Waals surface area (Å²) in [6.07, 6.45) is 3.27. The van der Waals surface area contributed by atoms with Crippen molar-refractivity contribution in [3.8, 4) is 5.75 Å². The fraction of sp³-hybridized carbons (Fsp3) is 0.217.